The molecule has 1 aliphatic carbocycles. The number of carbonyl (C=O) groups is 1. The quantitative estimate of drug-likeness (QED) is 0.907. The van der Waals surface area contributed by atoms with Crippen LogP contribution in [0.1, 0.15) is 48.8 Å². The molecule has 1 aromatic carbocycles. The van der Waals surface area contributed by atoms with Gasteiger partial charge in [-0.1, -0.05) is 19.3 Å². The third kappa shape index (κ3) is 2.17. The largest absolute Gasteiger partial charge is 0.486 e. The average molecular weight is 290 g/mol. The van der Waals surface area contributed by atoms with Crippen molar-refractivity contribution in [3.63, 3.8) is 0 Å². The van der Waals surface area contributed by atoms with Crippen molar-refractivity contribution in [1.82, 2.24) is 0 Å². The molecule has 4 nitrogen and oxygen atoms in total. The molecule has 0 radical (unpaired) electrons. The van der Waals surface area contributed by atoms with Crippen LogP contribution < -0.4 is 9.47 Å². The van der Waals surface area contributed by atoms with Crippen molar-refractivity contribution < 1.29 is 19.4 Å². The van der Waals surface area contributed by atoms with Crippen molar-refractivity contribution >= 4 is 5.97 Å². The number of hydrogen-bond donors (Lipinski definition) is 1. The zero-order valence-electron chi connectivity index (χ0n) is 12.7. The van der Waals surface area contributed by atoms with Gasteiger partial charge in [-0.3, -0.25) is 4.79 Å². The number of ether oxygens (including phenoxy) is 2. The van der Waals surface area contributed by atoms with Gasteiger partial charge in [0.15, 0.2) is 11.5 Å². The Bertz CT molecular complexity index is 571. The predicted octanol–water partition coefficient (Wildman–Crippen LogP) is 3.36. The van der Waals surface area contributed by atoms with Crippen LogP contribution in [0.25, 0.3) is 0 Å². The van der Waals surface area contributed by atoms with Gasteiger partial charge in [0.25, 0.3) is 0 Å². The van der Waals surface area contributed by atoms with E-state index < -0.39 is 11.4 Å². The molecule has 1 N–H and O–H groups in total. The minimum Gasteiger partial charge on any atom is -0.486 e. The van der Waals surface area contributed by atoms with E-state index in [-0.39, 0.29) is 0 Å². The van der Waals surface area contributed by atoms with Crippen molar-refractivity contribution in [3.05, 3.63) is 22.8 Å². The summed E-state index contributed by atoms with van der Waals surface area (Å²) in [4.78, 5) is 12.0. The number of rotatable bonds is 2. The van der Waals surface area contributed by atoms with Crippen LogP contribution >= 0.6 is 0 Å². The van der Waals surface area contributed by atoms with Gasteiger partial charge in [0.2, 0.25) is 0 Å². The van der Waals surface area contributed by atoms with Gasteiger partial charge in [-0.25, -0.2) is 0 Å². The van der Waals surface area contributed by atoms with Gasteiger partial charge in [-0.05, 0) is 49.4 Å². The maximum absolute atomic E-state index is 12.0. The Balaban J connectivity index is 2.16. The number of carboxylic acid groups (broad SMARTS) is 1. The summed E-state index contributed by atoms with van der Waals surface area (Å²) in [5.41, 5.74) is 2.19. The first-order valence-electron chi connectivity index (χ1n) is 7.70. The molecule has 0 atom stereocenters. The molecule has 0 amide bonds. The zero-order valence-corrected chi connectivity index (χ0v) is 12.7. The molecule has 3 rings (SSSR count). The molecule has 1 aromatic rings. The first-order chi connectivity index (χ1) is 10.1. The Morgan fingerprint density at radius 1 is 1.10 bits per heavy atom. The van der Waals surface area contributed by atoms with E-state index in [0.29, 0.717) is 31.8 Å². The second kappa shape index (κ2) is 5.24. The minimum atomic E-state index is -0.761. The minimum absolute atomic E-state index is 0.523. The molecule has 1 heterocycles. The van der Waals surface area contributed by atoms with E-state index in [4.69, 9.17) is 9.47 Å². The van der Waals surface area contributed by atoms with Crippen LogP contribution in [0.5, 0.6) is 11.5 Å². The summed E-state index contributed by atoms with van der Waals surface area (Å²) in [5, 5.41) is 9.89. The van der Waals surface area contributed by atoms with E-state index in [9.17, 15) is 9.90 Å². The fourth-order valence-corrected chi connectivity index (χ4v) is 3.69. The van der Waals surface area contributed by atoms with E-state index in [1.807, 2.05) is 19.9 Å². The van der Waals surface area contributed by atoms with E-state index >= 15 is 0 Å². The third-order valence-electron chi connectivity index (χ3n) is 5.03. The summed E-state index contributed by atoms with van der Waals surface area (Å²) >= 11 is 0. The lowest BCUT2D eigenvalue weighted by atomic mass is 9.67. The zero-order chi connectivity index (χ0) is 15.0. The van der Waals surface area contributed by atoms with E-state index in [2.05, 4.69) is 0 Å². The van der Waals surface area contributed by atoms with Gasteiger partial charge in [0.05, 0.1) is 5.41 Å². The topological polar surface area (TPSA) is 55.8 Å². The fraction of sp³-hybridized carbons (Fsp3) is 0.588. The normalized spacial score (nSPS) is 20.1. The Hall–Kier alpha value is -1.71. The van der Waals surface area contributed by atoms with Crippen molar-refractivity contribution in [2.75, 3.05) is 13.2 Å². The molecule has 2 aliphatic rings. The van der Waals surface area contributed by atoms with Gasteiger partial charge in [-0.15, -0.1) is 0 Å². The van der Waals surface area contributed by atoms with E-state index in [0.717, 1.165) is 41.7 Å². The highest BCUT2D eigenvalue weighted by Gasteiger charge is 2.43. The molecular weight excluding hydrogens is 268 g/mol. The smallest absolute Gasteiger partial charge is 0.314 e. The molecule has 21 heavy (non-hydrogen) atoms. The first kappa shape index (κ1) is 14.2. The maximum atomic E-state index is 12.0. The van der Waals surface area contributed by atoms with Crippen LogP contribution in [-0.4, -0.2) is 24.3 Å². The molecule has 0 aromatic heterocycles. The van der Waals surface area contributed by atoms with Crippen LogP contribution in [0.4, 0.5) is 0 Å². The van der Waals surface area contributed by atoms with E-state index in [1.165, 1.54) is 0 Å². The summed E-state index contributed by atoms with van der Waals surface area (Å²) in [6, 6.07) is 1.91. The average Bonchev–Trinajstić information content (AvgIpc) is 2.51. The molecule has 114 valence electrons. The summed E-state index contributed by atoms with van der Waals surface area (Å²) in [6.45, 7) is 5.07. The standard InChI is InChI=1S/C17H22O4/c1-11-12(2)15-14(20-8-9-21-15)10-13(11)17(16(18)19)6-4-3-5-7-17/h10H,3-9H2,1-2H3,(H,18,19). The first-order valence-corrected chi connectivity index (χ1v) is 7.70. The van der Waals surface area contributed by atoms with Crippen LogP contribution in [0.2, 0.25) is 0 Å². The molecule has 0 bridgehead atoms. The van der Waals surface area contributed by atoms with Crippen molar-refractivity contribution in [1.29, 1.82) is 0 Å². The molecule has 4 heteroatoms. The lowest BCUT2D eigenvalue weighted by Crippen LogP contribution is -2.38. The Morgan fingerprint density at radius 3 is 2.43 bits per heavy atom. The van der Waals surface area contributed by atoms with E-state index in [1.54, 1.807) is 0 Å². The highest BCUT2D eigenvalue weighted by atomic mass is 16.6. The number of fused-ring (bicyclic) bond motifs is 1. The van der Waals surface area contributed by atoms with Gasteiger partial charge in [0, 0.05) is 0 Å². The highest BCUT2D eigenvalue weighted by Crippen LogP contribution is 2.46. The number of benzene rings is 1. The second-order valence-corrected chi connectivity index (χ2v) is 6.15. The highest BCUT2D eigenvalue weighted by molar-refractivity contribution is 5.83. The molecular formula is C17H22O4. The summed E-state index contributed by atoms with van der Waals surface area (Å²) < 4.78 is 11.4. The maximum Gasteiger partial charge on any atom is 0.314 e. The monoisotopic (exact) mass is 290 g/mol. The molecule has 0 saturated heterocycles. The number of hydrogen-bond acceptors (Lipinski definition) is 3. The third-order valence-corrected chi connectivity index (χ3v) is 5.03. The summed E-state index contributed by atoms with van der Waals surface area (Å²) in [6.07, 6.45) is 4.49. The number of carboxylic acids is 1. The summed E-state index contributed by atoms with van der Waals surface area (Å²) in [7, 11) is 0. The second-order valence-electron chi connectivity index (χ2n) is 6.15. The molecule has 1 saturated carbocycles. The molecule has 0 unspecified atom stereocenters. The predicted molar refractivity (Wildman–Crippen MR) is 79.3 cm³/mol. The lowest BCUT2D eigenvalue weighted by molar-refractivity contribution is -0.145. The molecule has 0 spiro atoms. The van der Waals surface area contributed by atoms with Crippen LogP contribution in [0.3, 0.4) is 0 Å². The Kier molecular flexibility index (Phi) is 3.56. The van der Waals surface area contributed by atoms with Crippen LogP contribution in [-0.2, 0) is 10.2 Å². The number of aliphatic carboxylic acids is 1. The molecule has 1 fully saturated rings. The van der Waals surface area contributed by atoms with Crippen molar-refractivity contribution in [3.8, 4) is 11.5 Å². The Labute approximate surface area is 125 Å². The van der Waals surface area contributed by atoms with Gasteiger partial charge >= 0.3 is 5.97 Å². The fourth-order valence-electron chi connectivity index (χ4n) is 3.69. The van der Waals surface area contributed by atoms with Crippen molar-refractivity contribution in [2.45, 2.75) is 51.4 Å². The molecule has 1 aliphatic heterocycles. The van der Waals surface area contributed by atoms with Crippen LogP contribution in [0, 0.1) is 13.8 Å². The van der Waals surface area contributed by atoms with Gasteiger partial charge in [0.1, 0.15) is 13.2 Å². The van der Waals surface area contributed by atoms with Gasteiger partial charge < -0.3 is 14.6 Å². The SMILES string of the molecule is Cc1c(C2(C(=O)O)CCCCC2)cc2c(c1C)OCCO2. The van der Waals surface area contributed by atoms with Crippen molar-refractivity contribution in [2.24, 2.45) is 0 Å². The lowest BCUT2D eigenvalue weighted by Gasteiger charge is -2.36. The Morgan fingerprint density at radius 2 is 1.76 bits per heavy atom. The summed E-state index contributed by atoms with van der Waals surface area (Å²) in [5.74, 6) is 0.769. The van der Waals surface area contributed by atoms with Crippen LogP contribution in [0.15, 0.2) is 6.07 Å². The van der Waals surface area contributed by atoms with Gasteiger partial charge in [-0.2, -0.15) is 0 Å².